The van der Waals surface area contributed by atoms with Crippen LogP contribution in [0.2, 0.25) is 0 Å². The molecule has 0 spiro atoms. The van der Waals surface area contributed by atoms with Gasteiger partial charge in [0.25, 0.3) is 5.69 Å². The molecule has 0 aliphatic carbocycles. The van der Waals surface area contributed by atoms with Crippen molar-refractivity contribution in [1.29, 1.82) is 0 Å². The second-order valence-corrected chi connectivity index (χ2v) is 3.75. The van der Waals surface area contributed by atoms with Crippen LogP contribution in [-0.2, 0) is 0 Å². The van der Waals surface area contributed by atoms with E-state index < -0.39 is 28.6 Å². The lowest BCUT2D eigenvalue weighted by Gasteiger charge is -2.16. The molecule has 1 rings (SSSR count). The van der Waals surface area contributed by atoms with Crippen molar-refractivity contribution in [3.8, 4) is 0 Å². The molecule has 94 valence electrons. The summed E-state index contributed by atoms with van der Waals surface area (Å²) in [6, 6.07) is 1.55. The first-order chi connectivity index (χ1) is 7.88. The van der Waals surface area contributed by atoms with Gasteiger partial charge in [0.2, 0.25) is 0 Å². The third-order valence-corrected chi connectivity index (χ3v) is 2.59. The van der Waals surface area contributed by atoms with Gasteiger partial charge >= 0.3 is 0 Å². The molecule has 6 nitrogen and oxygen atoms in total. The number of aliphatic hydroxyl groups excluding tert-OH is 2. The highest BCUT2D eigenvalue weighted by molar-refractivity contribution is 7.80. The highest BCUT2D eigenvalue weighted by Gasteiger charge is 2.25. The van der Waals surface area contributed by atoms with Crippen molar-refractivity contribution in [3.05, 3.63) is 33.6 Å². The number of nitrogens with zero attached hydrogens (tertiary/aromatic N) is 1. The van der Waals surface area contributed by atoms with Gasteiger partial charge < -0.3 is 15.9 Å². The maximum atomic E-state index is 13.4. The molecule has 8 heteroatoms. The second-order valence-electron chi connectivity index (χ2n) is 3.38. The Bertz CT molecular complexity index is 443. The Labute approximate surface area is 101 Å². The number of hydrogen-bond donors (Lipinski definition) is 4. The predicted molar refractivity (Wildman–Crippen MR) is 62.3 cm³/mol. The number of rotatable bonds is 4. The van der Waals surface area contributed by atoms with Crippen LogP contribution in [-0.4, -0.2) is 27.0 Å². The topological polar surface area (TPSA) is 110 Å². The first-order valence-corrected chi connectivity index (χ1v) is 5.22. The Morgan fingerprint density at radius 3 is 2.59 bits per heavy atom. The lowest BCUT2D eigenvalue weighted by Crippen LogP contribution is -2.21. The van der Waals surface area contributed by atoms with Crippen LogP contribution >= 0.6 is 12.6 Å². The minimum absolute atomic E-state index is 0.112. The third kappa shape index (κ3) is 2.84. The molecule has 0 saturated carbocycles. The van der Waals surface area contributed by atoms with E-state index in [4.69, 9.17) is 5.73 Å². The van der Waals surface area contributed by atoms with Crippen LogP contribution < -0.4 is 5.73 Å². The summed E-state index contributed by atoms with van der Waals surface area (Å²) >= 11 is 3.74. The van der Waals surface area contributed by atoms with Crippen LogP contribution in [0.4, 0.5) is 15.8 Å². The second kappa shape index (κ2) is 5.30. The zero-order valence-electron chi connectivity index (χ0n) is 8.58. The number of nitrogens with two attached hydrogens (primary N) is 1. The maximum absolute atomic E-state index is 13.4. The molecule has 0 bridgehead atoms. The van der Waals surface area contributed by atoms with E-state index >= 15 is 0 Å². The van der Waals surface area contributed by atoms with Crippen molar-refractivity contribution in [2.24, 2.45) is 0 Å². The van der Waals surface area contributed by atoms with E-state index in [1.165, 1.54) is 0 Å². The fraction of sp³-hybridized carbons (Fsp3) is 0.333. The summed E-state index contributed by atoms with van der Waals surface area (Å²) in [5.41, 5.74) is 4.01. The Morgan fingerprint density at radius 1 is 1.53 bits per heavy atom. The van der Waals surface area contributed by atoms with Crippen LogP contribution in [0.25, 0.3) is 0 Å². The lowest BCUT2D eigenvalue weighted by atomic mass is 10.0. The number of nitro groups is 1. The SMILES string of the molecule is Nc1cc(F)c(C(O)C(O)CS)cc1[N+](=O)[O-]. The number of nitrogen functional groups attached to an aromatic ring is 1. The molecule has 4 N–H and O–H groups in total. The summed E-state index contributed by atoms with van der Waals surface area (Å²) in [4.78, 5) is 9.80. The molecule has 0 fully saturated rings. The van der Waals surface area contributed by atoms with Gasteiger partial charge in [-0.05, 0) is 0 Å². The molecule has 0 heterocycles. The van der Waals surface area contributed by atoms with Crippen molar-refractivity contribution < 1.29 is 19.5 Å². The Hall–Kier alpha value is -1.38. The number of benzene rings is 1. The normalized spacial score (nSPS) is 14.4. The molecule has 0 radical (unpaired) electrons. The fourth-order valence-electron chi connectivity index (χ4n) is 1.29. The maximum Gasteiger partial charge on any atom is 0.292 e. The van der Waals surface area contributed by atoms with E-state index in [0.717, 1.165) is 12.1 Å². The molecular weight excluding hydrogens is 251 g/mol. The van der Waals surface area contributed by atoms with Gasteiger partial charge in [-0.2, -0.15) is 12.6 Å². The van der Waals surface area contributed by atoms with Crippen molar-refractivity contribution in [2.45, 2.75) is 12.2 Å². The lowest BCUT2D eigenvalue weighted by molar-refractivity contribution is -0.384. The molecule has 17 heavy (non-hydrogen) atoms. The van der Waals surface area contributed by atoms with Gasteiger partial charge in [0.1, 0.15) is 17.6 Å². The highest BCUT2D eigenvalue weighted by atomic mass is 32.1. The van der Waals surface area contributed by atoms with Crippen LogP contribution in [0.3, 0.4) is 0 Å². The highest BCUT2D eigenvalue weighted by Crippen LogP contribution is 2.30. The Kier molecular flexibility index (Phi) is 4.27. The minimum Gasteiger partial charge on any atom is -0.393 e. The van der Waals surface area contributed by atoms with Gasteiger partial charge in [0.15, 0.2) is 0 Å². The van der Waals surface area contributed by atoms with E-state index in [1.54, 1.807) is 0 Å². The van der Waals surface area contributed by atoms with Gasteiger partial charge in [0.05, 0.1) is 11.0 Å². The largest absolute Gasteiger partial charge is 0.393 e. The van der Waals surface area contributed by atoms with Gasteiger partial charge in [-0.1, -0.05) is 0 Å². The van der Waals surface area contributed by atoms with Crippen LogP contribution in [0, 0.1) is 15.9 Å². The van der Waals surface area contributed by atoms with Gasteiger partial charge in [-0.25, -0.2) is 4.39 Å². The zero-order chi connectivity index (χ0) is 13.2. The summed E-state index contributed by atoms with van der Waals surface area (Å²) in [5.74, 6) is -1.03. The Morgan fingerprint density at radius 2 is 2.12 bits per heavy atom. The average molecular weight is 262 g/mol. The summed E-state index contributed by atoms with van der Waals surface area (Å²) < 4.78 is 13.4. The molecular formula is C9H11FN2O4S. The smallest absolute Gasteiger partial charge is 0.292 e. The van der Waals surface area contributed by atoms with E-state index in [1.807, 2.05) is 0 Å². The number of nitro benzene ring substituents is 1. The third-order valence-electron chi connectivity index (χ3n) is 2.21. The van der Waals surface area contributed by atoms with Crippen LogP contribution in [0.1, 0.15) is 11.7 Å². The number of anilines is 1. The summed E-state index contributed by atoms with van der Waals surface area (Å²) in [6.07, 6.45) is -2.91. The molecule has 0 aliphatic rings. The molecule has 0 amide bonds. The molecule has 0 saturated heterocycles. The summed E-state index contributed by atoms with van der Waals surface area (Å²) in [5, 5.41) is 29.5. The van der Waals surface area contributed by atoms with Crippen molar-refractivity contribution >= 4 is 24.0 Å². The molecule has 0 aliphatic heterocycles. The van der Waals surface area contributed by atoms with Crippen LogP contribution in [0.15, 0.2) is 12.1 Å². The van der Waals surface area contributed by atoms with E-state index in [-0.39, 0.29) is 17.0 Å². The molecule has 2 atom stereocenters. The van der Waals surface area contributed by atoms with E-state index in [2.05, 4.69) is 12.6 Å². The first-order valence-electron chi connectivity index (χ1n) is 4.58. The quantitative estimate of drug-likeness (QED) is 0.275. The van der Waals surface area contributed by atoms with Crippen LogP contribution in [0.5, 0.6) is 0 Å². The minimum atomic E-state index is -1.59. The zero-order valence-corrected chi connectivity index (χ0v) is 9.47. The number of aliphatic hydroxyl groups is 2. The fourth-order valence-corrected chi connectivity index (χ4v) is 1.48. The number of hydrogen-bond acceptors (Lipinski definition) is 6. The number of thiol groups is 1. The van der Waals surface area contributed by atoms with E-state index in [0.29, 0.717) is 0 Å². The summed E-state index contributed by atoms with van der Waals surface area (Å²) in [6.45, 7) is 0. The van der Waals surface area contributed by atoms with E-state index in [9.17, 15) is 24.7 Å². The molecule has 0 aromatic heterocycles. The molecule has 1 aromatic rings. The molecule has 2 unspecified atom stereocenters. The van der Waals surface area contributed by atoms with Gasteiger partial charge in [-0.3, -0.25) is 10.1 Å². The van der Waals surface area contributed by atoms with Gasteiger partial charge in [-0.15, -0.1) is 0 Å². The van der Waals surface area contributed by atoms with Crippen molar-refractivity contribution in [2.75, 3.05) is 11.5 Å². The average Bonchev–Trinajstić information content (AvgIpc) is 2.26. The first kappa shape index (κ1) is 13.7. The van der Waals surface area contributed by atoms with Crippen molar-refractivity contribution in [1.82, 2.24) is 0 Å². The predicted octanol–water partition coefficient (Wildman–Crippen LogP) is 0.640. The summed E-state index contributed by atoms with van der Waals surface area (Å²) in [7, 11) is 0. The van der Waals surface area contributed by atoms with Gasteiger partial charge in [0, 0.05) is 23.4 Å². The monoisotopic (exact) mass is 262 g/mol. The number of halogens is 1. The van der Waals surface area contributed by atoms with Crippen molar-refractivity contribution in [3.63, 3.8) is 0 Å². The standard InChI is InChI=1S/C9H11FN2O4S/c10-5-2-6(11)7(12(15)16)1-4(5)9(14)8(13)3-17/h1-2,8-9,13-14,17H,3,11H2. The Balaban J connectivity index is 3.24. The molecule has 1 aromatic carbocycles.